The van der Waals surface area contributed by atoms with Gasteiger partial charge in [0.05, 0.1) is 0 Å². The van der Waals surface area contributed by atoms with Crippen molar-refractivity contribution in [2.75, 3.05) is 11.9 Å². The number of hydrogen-bond acceptors (Lipinski definition) is 7. The Hall–Kier alpha value is -5.03. The molecule has 0 bridgehead atoms. The molecular formula is C33H37N5O5S. The number of ether oxygens (including phenoxy) is 1. The fourth-order valence-corrected chi connectivity index (χ4v) is 5.22. The zero-order valence-electron chi connectivity index (χ0n) is 25.4. The van der Waals surface area contributed by atoms with Gasteiger partial charge in [-0.3, -0.25) is 15.0 Å². The van der Waals surface area contributed by atoms with Crippen LogP contribution in [0.15, 0.2) is 59.3 Å². The average Bonchev–Trinajstić information content (AvgIpc) is 3.54. The average molecular weight is 616 g/mol. The molecule has 0 radical (unpaired) electrons. The minimum absolute atomic E-state index is 0.0386. The molecule has 0 aliphatic carbocycles. The largest absolute Gasteiger partial charge is 0.488 e. The fraction of sp³-hybridized carbons (Fsp3) is 0.242. The van der Waals surface area contributed by atoms with Crippen LogP contribution in [-0.4, -0.2) is 40.3 Å². The molecule has 2 aromatic carbocycles. The number of nitrogens with zero attached hydrogens (tertiary/aromatic N) is 1. The highest BCUT2D eigenvalue weighted by molar-refractivity contribution is 7.08. The number of nitrogens with two attached hydrogens (primary N) is 1. The number of nitrogen functional groups attached to an aromatic ring is 1. The third kappa shape index (κ3) is 7.30. The van der Waals surface area contributed by atoms with E-state index in [0.29, 0.717) is 47.7 Å². The first-order chi connectivity index (χ1) is 21.3. The monoisotopic (exact) mass is 615 g/mol. The van der Waals surface area contributed by atoms with Crippen molar-refractivity contribution in [2.45, 2.75) is 47.6 Å². The van der Waals surface area contributed by atoms with Gasteiger partial charge in [0.1, 0.15) is 23.9 Å². The number of aromatic carboxylic acids is 1. The zero-order valence-corrected chi connectivity index (χ0v) is 26.2. The number of carboxylic acids is 1. The Bertz CT molecular complexity index is 1660. The van der Waals surface area contributed by atoms with Crippen molar-refractivity contribution in [3.05, 3.63) is 87.4 Å². The Kier molecular flexibility index (Phi) is 11.7. The van der Waals surface area contributed by atoms with Crippen molar-refractivity contribution in [3.63, 3.8) is 0 Å². The van der Waals surface area contributed by atoms with Crippen LogP contribution >= 0.6 is 11.3 Å². The second kappa shape index (κ2) is 15.4. The van der Waals surface area contributed by atoms with E-state index in [-0.39, 0.29) is 28.4 Å². The van der Waals surface area contributed by atoms with E-state index in [2.05, 4.69) is 15.6 Å². The SMILES string of the molecule is CC.CC.CCCNC(=O)c1ccc(-c2cc3c(cc2C(=O)Nc2ccc(C(=N)N)cc2)-c2cscc2CO3)c(C(=O)O)n1. The number of amides is 2. The second-order valence-corrected chi connectivity index (χ2v) is 9.84. The Morgan fingerprint density at radius 3 is 2.30 bits per heavy atom. The van der Waals surface area contributed by atoms with Crippen LogP contribution in [0.5, 0.6) is 5.75 Å². The molecule has 0 saturated carbocycles. The number of carbonyl (C=O) groups is 3. The summed E-state index contributed by atoms with van der Waals surface area (Å²) in [7, 11) is 0. The summed E-state index contributed by atoms with van der Waals surface area (Å²) >= 11 is 1.52. The number of carbonyl (C=O) groups excluding carboxylic acids is 2. The van der Waals surface area contributed by atoms with Gasteiger partial charge in [0, 0.05) is 51.2 Å². The maximum Gasteiger partial charge on any atom is 0.355 e. The van der Waals surface area contributed by atoms with Gasteiger partial charge in [0.25, 0.3) is 11.8 Å². The lowest BCUT2D eigenvalue weighted by Crippen LogP contribution is -2.25. The summed E-state index contributed by atoms with van der Waals surface area (Å²) in [5, 5.41) is 27.1. The molecule has 1 aliphatic heterocycles. The lowest BCUT2D eigenvalue weighted by Gasteiger charge is -2.22. The summed E-state index contributed by atoms with van der Waals surface area (Å²) in [6.07, 6.45) is 0.715. The van der Waals surface area contributed by atoms with E-state index in [1.54, 1.807) is 36.4 Å². The molecule has 6 N–H and O–H groups in total. The minimum atomic E-state index is -1.34. The highest BCUT2D eigenvalue weighted by Gasteiger charge is 2.27. The van der Waals surface area contributed by atoms with Gasteiger partial charge in [-0.25, -0.2) is 9.78 Å². The summed E-state index contributed by atoms with van der Waals surface area (Å²) in [5.41, 5.74) is 9.41. The first-order valence-corrected chi connectivity index (χ1v) is 15.4. The Labute approximate surface area is 260 Å². The van der Waals surface area contributed by atoms with E-state index in [9.17, 15) is 19.5 Å². The highest BCUT2D eigenvalue weighted by atomic mass is 32.1. The van der Waals surface area contributed by atoms with Crippen molar-refractivity contribution in [1.82, 2.24) is 10.3 Å². The molecule has 0 atom stereocenters. The summed E-state index contributed by atoms with van der Waals surface area (Å²) in [5.74, 6) is -1.91. The van der Waals surface area contributed by atoms with Crippen molar-refractivity contribution in [3.8, 4) is 28.0 Å². The van der Waals surface area contributed by atoms with E-state index in [1.807, 2.05) is 45.4 Å². The number of thiophene rings is 1. The van der Waals surface area contributed by atoms with E-state index < -0.39 is 17.8 Å². The Morgan fingerprint density at radius 2 is 1.66 bits per heavy atom. The van der Waals surface area contributed by atoms with Crippen LogP contribution in [0.2, 0.25) is 0 Å². The summed E-state index contributed by atoms with van der Waals surface area (Å²) in [6.45, 7) is 10.7. The molecule has 0 saturated heterocycles. The summed E-state index contributed by atoms with van der Waals surface area (Å²) in [6, 6.07) is 12.7. The molecule has 230 valence electrons. The summed E-state index contributed by atoms with van der Waals surface area (Å²) < 4.78 is 5.98. The minimum Gasteiger partial charge on any atom is -0.488 e. The standard InChI is InChI=1S/C29H25N5O5S.2C2H6/c1-2-9-32-28(36)23-8-7-18(25(34-23)29(37)38)19-11-24-20(22-14-40-13-16(22)12-39-24)10-21(19)27(35)33-17-5-3-15(4-6-17)26(30)31;2*1-2/h3-8,10-11,13-14H,2,9,12H2,1H3,(H3,30,31)(H,32,36)(H,33,35)(H,37,38);2*1-2H3. The first kappa shape index (κ1) is 33.5. The molecule has 0 fully saturated rings. The fourth-order valence-electron chi connectivity index (χ4n) is 4.37. The maximum atomic E-state index is 13.7. The van der Waals surface area contributed by atoms with Crippen LogP contribution in [0.3, 0.4) is 0 Å². The number of anilines is 1. The number of amidine groups is 1. The molecule has 0 unspecified atom stereocenters. The van der Waals surface area contributed by atoms with Gasteiger partial charge in [-0.1, -0.05) is 34.6 Å². The number of carboxylic acid groups (broad SMARTS) is 1. The molecule has 10 nitrogen and oxygen atoms in total. The van der Waals surface area contributed by atoms with Gasteiger partial charge in [-0.05, 0) is 65.7 Å². The lowest BCUT2D eigenvalue weighted by atomic mass is 9.91. The predicted octanol–water partition coefficient (Wildman–Crippen LogP) is 6.80. The van der Waals surface area contributed by atoms with Crippen molar-refractivity contribution in [1.29, 1.82) is 5.41 Å². The maximum absolute atomic E-state index is 13.7. The van der Waals surface area contributed by atoms with E-state index in [4.69, 9.17) is 15.9 Å². The lowest BCUT2D eigenvalue weighted by molar-refractivity contribution is 0.0691. The van der Waals surface area contributed by atoms with Crippen molar-refractivity contribution in [2.24, 2.45) is 5.73 Å². The molecular weight excluding hydrogens is 578 g/mol. The molecule has 5 rings (SSSR count). The molecule has 11 heteroatoms. The van der Waals surface area contributed by atoms with Crippen molar-refractivity contribution < 1.29 is 24.2 Å². The smallest absolute Gasteiger partial charge is 0.355 e. The van der Waals surface area contributed by atoms with Gasteiger partial charge in [-0.2, -0.15) is 11.3 Å². The van der Waals surface area contributed by atoms with E-state index >= 15 is 0 Å². The van der Waals surface area contributed by atoms with E-state index in [1.165, 1.54) is 23.5 Å². The molecule has 1 aliphatic rings. The number of rotatable bonds is 8. The van der Waals surface area contributed by atoms with Gasteiger partial charge >= 0.3 is 5.97 Å². The van der Waals surface area contributed by atoms with Gasteiger partial charge < -0.3 is 26.2 Å². The Morgan fingerprint density at radius 1 is 0.955 bits per heavy atom. The van der Waals surface area contributed by atoms with Crippen molar-refractivity contribution >= 4 is 40.6 Å². The second-order valence-electron chi connectivity index (χ2n) is 9.09. The number of fused-ring (bicyclic) bond motifs is 3. The molecule has 2 amide bonds. The first-order valence-electron chi connectivity index (χ1n) is 14.4. The van der Waals surface area contributed by atoms with Crippen LogP contribution < -0.4 is 21.1 Å². The number of aromatic nitrogens is 1. The predicted molar refractivity (Wildman–Crippen MR) is 175 cm³/mol. The van der Waals surface area contributed by atoms with Crippen LogP contribution in [0, 0.1) is 5.41 Å². The zero-order chi connectivity index (χ0) is 32.4. The quantitative estimate of drug-likeness (QED) is 0.107. The third-order valence-electron chi connectivity index (χ3n) is 6.39. The number of nitrogens with one attached hydrogen (secondary N) is 3. The Balaban J connectivity index is 0.00000127. The molecule has 3 heterocycles. The molecule has 44 heavy (non-hydrogen) atoms. The molecule has 2 aromatic heterocycles. The van der Waals surface area contributed by atoms with Gasteiger partial charge in [0.2, 0.25) is 0 Å². The number of hydrogen-bond donors (Lipinski definition) is 5. The summed E-state index contributed by atoms with van der Waals surface area (Å²) in [4.78, 5) is 42.6. The number of pyridine rings is 1. The molecule has 0 spiro atoms. The normalized spacial score (nSPS) is 10.8. The highest BCUT2D eigenvalue weighted by Crippen LogP contribution is 2.43. The molecule has 4 aromatic rings. The van der Waals surface area contributed by atoms with Crippen LogP contribution in [0.1, 0.15) is 83.5 Å². The third-order valence-corrected chi connectivity index (χ3v) is 7.18. The van der Waals surface area contributed by atoms with Crippen LogP contribution in [-0.2, 0) is 6.61 Å². The van der Waals surface area contributed by atoms with Gasteiger partial charge in [-0.15, -0.1) is 0 Å². The van der Waals surface area contributed by atoms with Gasteiger partial charge in [0.15, 0.2) is 5.69 Å². The van der Waals surface area contributed by atoms with E-state index in [0.717, 1.165) is 11.1 Å². The van der Waals surface area contributed by atoms with Crippen LogP contribution in [0.4, 0.5) is 5.69 Å². The number of benzene rings is 2. The topological polar surface area (TPSA) is 167 Å². The van der Waals surface area contributed by atoms with Crippen LogP contribution in [0.25, 0.3) is 22.3 Å².